The van der Waals surface area contributed by atoms with Crippen molar-refractivity contribution in [2.45, 2.75) is 46.6 Å². The molecule has 1 aromatic heterocycles. The molecule has 2 atom stereocenters. The van der Waals surface area contributed by atoms with Gasteiger partial charge < -0.3 is 10.3 Å². The van der Waals surface area contributed by atoms with Gasteiger partial charge in [-0.25, -0.2) is 0 Å². The Morgan fingerprint density at radius 1 is 1.25 bits per heavy atom. The van der Waals surface area contributed by atoms with Crippen LogP contribution in [0.2, 0.25) is 5.02 Å². The first-order valence-corrected chi connectivity index (χ1v) is 8.80. The molecular formula is C19H25ClN2O2. The summed E-state index contributed by atoms with van der Waals surface area (Å²) in [4.78, 5) is 28.0. The van der Waals surface area contributed by atoms with E-state index >= 15 is 0 Å². The van der Waals surface area contributed by atoms with E-state index in [9.17, 15) is 9.59 Å². The lowest BCUT2D eigenvalue weighted by Crippen LogP contribution is -2.47. The van der Waals surface area contributed by atoms with Crippen molar-refractivity contribution in [3.63, 3.8) is 0 Å². The van der Waals surface area contributed by atoms with Crippen molar-refractivity contribution < 1.29 is 9.59 Å². The van der Waals surface area contributed by atoms with Crippen molar-refractivity contribution in [1.29, 1.82) is 0 Å². The number of halogens is 1. The van der Waals surface area contributed by atoms with Gasteiger partial charge in [0.15, 0.2) is 5.78 Å². The highest BCUT2D eigenvalue weighted by molar-refractivity contribution is 6.35. The number of fused-ring (bicyclic) bond motifs is 1. The van der Waals surface area contributed by atoms with Crippen LogP contribution >= 0.6 is 11.6 Å². The zero-order valence-corrected chi connectivity index (χ0v) is 15.4. The maximum absolute atomic E-state index is 12.5. The SMILES string of the molecule is CC[C@H](C)[C@H](NC(=O)Cc1c[nH]c2cccc(Cl)c12)C(=O)C(C)C. The van der Waals surface area contributed by atoms with Crippen LogP contribution in [0.3, 0.4) is 0 Å². The monoisotopic (exact) mass is 348 g/mol. The summed E-state index contributed by atoms with van der Waals surface area (Å²) in [6, 6.07) is 5.16. The Balaban J connectivity index is 2.17. The summed E-state index contributed by atoms with van der Waals surface area (Å²) in [6.45, 7) is 7.75. The van der Waals surface area contributed by atoms with E-state index in [1.807, 2.05) is 45.9 Å². The highest BCUT2D eigenvalue weighted by atomic mass is 35.5. The van der Waals surface area contributed by atoms with Gasteiger partial charge >= 0.3 is 0 Å². The second-order valence-electron chi connectivity index (χ2n) is 6.64. The number of ketones is 1. The predicted molar refractivity (Wildman–Crippen MR) is 98.2 cm³/mol. The van der Waals surface area contributed by atoms with Crippen LogP contribution in [0, 0.1) is 11.8 Å². The van der Waals surface area contributed by atoms with Crippen LogP contribution in [0.5, 0.6) is 0 Å². The molecule has 0 fully saturated rings. The van der Waals surface area contributed by atoms with E-state index in [1.165, 1.54) is 0 Å². The second kappa shape index (κ2) is 7.84. The Morgan fingerprint density at radius 3 is 2.58 bits per heavy atom. The summed E-state index contributed by atoms with van der Waals surface area (Å²) in [5, 5.41) is 4.41. The Bertz CT molecular complexity index is 736. The van der Waals surface area contributed by atoms with Gasteiger partial charge in [0.1, 0.15) is 0 Å². The Labute approximate surface area is 148 Å². The van der Waals surface area contributed by atoms with Gasteiger partial charge in [-0.1, -0.05) is 51.8 Å². The van der Waals surface area contributed by atoms with Gasteiger partial charge in [0.25, 0.3) is 0 Å². The van der Waals surface area contributed by atoms with Crippen LogP contribution in [0.1, 0.15) is 39.7 Å². The number of Topliss-reactive ketones (excluding diaryl/α,β-unsaturated/α-hetero) is 1. The van der Waals surface area contributed by atoms with E-state index in [0.717, 1.165) is 22.9 Å². The summed E-state index contributed by atoms with van der Waals surface area (Å²) in [5.74, 6) is -0.0768. The van der Waals surface area contributed by atoms with Crippen molar-refractivity contribution in [3.8, 4) is 0 Å². The molecule has 1 amide bonds. The van der Waals surface area contributed by atoms with E-state index in [2.05, 4.69) is 10.3 Å². The Morgan fingerprint density at radius 2 is 1.96 bits per heavy atom. The number of hydrogen-bond donors (Lipinski definition) is 2. The molecule has 1 heterocycles. The summed E-state index contributed by atoms with van der Waals surface area (Å²) in [5.41, 5.74) is 1.75. The molecule has 1 aromatic carbocycles. The van der Waals surface area contributed by atoms with Gasteiger partial charge in [-0.3, -0.25) is 9.59 Å². The average Bonchev–Trinajstić information content (AvgIpc) is 2.95. The highest BCUT2D eigenvalue weighted by Gasteiger charge is 2.27. The van der Waals surface area contributed by atoms with Crippen LogP contribution in [0.4, 0.5) is 0 Å². The lowest BCUT2D eigenvalue weighted by atomic mass is 9.90. The van der Waals surface area contributed by atoms with Gasteiger partial charge in [-0.15, -0.1) is 0 Å². The summed E-state index contributed by atoms with van der Waals surface area (Å²) in [6.07, 6.45) is 2.84. The van der Waals surface area contributed by atoms with Gasteiger partial charge in [0.05, 0.1) is 17.5 Å². The topological polar surface area (TPSA) is 62.0 Å². The summed E-state index contributed by atoms with van der Waals surface area (Å²) in [7, 11) is 0. The molecule has 0 aliphatic heterocycles. The smallest absolute Gasteiger partial charge is 0.225 e. The van der Waals surface area contributed by atoms with Crippen LogP contribution in [0.15, 0.2) is 24.4 Å². The number of amides is 1. The third-order valence-electron chi connectivity index (χ3n) is 4.49. The molecule has 0 radical (unpaired) electrons. The first kappa shape index (κ1) is 18.5. The van der Waals surface area contributed by atoms with Gasteiger partial charge in [0, 0.05) is 23.0 Å². The molecule has 2 aromatic rings. The molecule has 2 N–H and O–H groups in total. The molecule has 0 bridgehead atoms. The zero-order valence-electron chi connectivity index (χ0n) is 14.7. The largest absolute Gasteiger partial charge is 0.361 e. The second-order valence-corrected chi connectivity index (χ2v) is 7.05. The molecule has 24 heavy (non-hydrogen) atoms. The van der Waals surface area contributed by atoms with E-state index < -0.39 is 6.04 Å². The molecule has 0 spiro atoms. The van der Waals surface area contributed by atoms with Crippen molar-refractivity contribution in [3.05, 3.63) is 35.0 Å². The number of aromatic amines is 1. The van der Waals surface area contributed by atoms with E-state index in [0.29, 0.717) is 5.02 Å². The minimum absolute atomic E-state index is 0.0784. The third-order valence-corrected chi connectivity index (χ3v) is 4.81. The number of carbonyl (C=O) groups excluding carboxylic acids is 2. The number of carbonyl (C=O) groups is 2. The van der Waals surface area contributed by atoms with Crippen LogP contribution < -0.4 is 5.32 Å². The molecule has 5 heteroatoms. The molecule has 0 saturated carbocycles. The predicted octanol–water partition coefficient (Wildman–Crippen LogP) is 4.12. The number of hydrogen-bond acceptors (Lipinski definition) is 2. The molecule has 0 saturated heterocycles. The molecule has 0 aliphatic rings. The standard InChI is InChI=1S/C19H25ClN2O2/c1-5-12(4)18(19(24)11(2)3)22-16(23)9-13-10-21-15-8-6-7-14(20)17(13)15/h6-8,10-12,18,21H,5,9H2,1-4H3,(H,22,23)/t12-,18-/m0/s1. The number of aromatic nitrogens is 1. The van der Waals surface area contributed by atoms with Gasteiger partial charge in [0.2, 0.25) is 5.91 Å². The lowest BCUT2D eigenvalue weighted by Gasteiger charge is -2.24. The number of benzene rings is 1. The van der Waals surface area contributed by atoms with Gasteiger partial charge in [-0.2, -0.15) is 0 Å². The fraction of sp³-hybridized carbons (Fsp3) is 0.474. The minimum Gasteiger partial charge on any atom is -0.361 e. The van der Waals surface area contributed by atoms with Crippen molar-refractivity contribution in [1.82, 2.24) is 10.3 Å². The van der Waals surface area contributed by atoms with Crippen LogP contribution in [-0.4, -0.2) is 22.7 Å². The fourth-order valence-electron chi connectivity index (χ4n) is 2.83. The number of nitrogens with one attached hydrogen (secondary N) is 2. The fourth-order valence-corrected chi connectivity index (χ4v) is 3.13. The molecular weight excluding hydrogens is 324 g/mol. The van der Waals surface area contributed by atoms with E-state index in [1.54, 1.807) is 6.20 Å². The highest BCUT2D eigenvalue weighted by Crippen LogP contribution is 2.27. The van der Waals surface area contributed by atoms with Crippen molar-refractivity contribution >= 4 is 34.2 Å². The lowest BCUT2D eigenvalue weighted by molar-refractivity contribution is -0.130. The Kier molecular flexibility index (Phi) is 6.05. The molecule has 0 aliphatic carbocycles. The van der Waals surface area contributed by atoms with Crippen molar-refractivity contribution in [2.75, 3.05) is 0 Å². The normalized spacial score (nSPS) is 13.9. The summed E-state index contributed by atoms with van der Waals surface area (Å²) < 4.78 is 0. The van der Waals surface area contributed by atoms with Gasteiger partial charge in [-0.05, 0) is 23.6 Å². The molecule has 2 rings (SSSR count). The molecule has 0 unspecified atom stereocenters. The number of rotatable bonds is 7. The van der Waals surface area contributed by atoms with Crippen molar-refractivity contribution in [2.24, 2.45) is 11.8 Å². The zero-order chi connectivity index (χ0) is 17.9. The molecule has 130 valence electrons. The van der Waals surface area contributed by atoms with E-state index in [-0.39, 0.29) is 29.9 Å². The third kappa shape index (κ3) is 3.99. The molecule has 4 nitrogen and oxygen atoms in total. The summed E-state index contributed by atoms with van der Waals surface area (Å²) >= 11 is 6.25. The maximum atomic E-state index is 12.5. The van der Waals surface area contributed by atoms with Crippen LogP contribution in [0.25, 0.3) is 10.9 Å². The Hall–Kier alpha value is -1.81. The maximum Gasteiger partial charge on any atom is 0.225 e. The van der Waals surface area contributed by atoms with Crippen LogP contribution in [-0.2, 0) is 16.0 Å². The first-order chi connectivity index (χ1) is 11.3. The average molecular weight is 349 g/mol. The quantitative estimate of drug-likeness (QED) is 0.790. The first-order valence-electron chi connectivity index (χ1n) is 8.42. The number of H-pyrrole nitrogens is 1. The minimum atomic E-state index is -0.442. The van der Waals surface area contributed by atoms with E-state index in [4.69, 9.17) is 11.6 Å².